The summed E-state index contributed by atoms with van der Waals surface area (Å²) in [5.74, 6) is 0.238. The Bertz CT molecular complexity index is 1280. The van der Waals surface area contributed by atoms with Gasteiger partial charge in [0, 0.05) is 43.2 Å². The topological polar surface area (TPSA) is 43.9 Å². The van der Waals surface area contributed by atoms with Gasteiger partial charge in [-0.15, -0.1) is 11.3 Å². The number of hydrogen-bond acceptors (Lipinski definition) is 4. The molecule has 5 nitrogen and oxygen atoms in total. The molecule has 2 aliphatic rings. The Morgan fingerprint density at radius 3 is 2.44 bits per heavy atom. The van der Waals surface area contributed by atoms with Crippen molar-refractivity contribution >= 4 is 23.2 Å². The van der Waals surface area contributed by atoms with Crippen molar-refractivity contribution in [3.05, 3.63) is 92.7 Å². The Morgan fingerprint density at radius 1 is 0.923 bits per heavy atom. The summed E-state index contributed by atoms with van der Waals surface area (Å²) < 4.78 is 0. The SMILES string of the molecule is CCCCc1ccc(C(=O)N2CCCN(C(=O)[C@H](C)N3CCc4sccc4[C@H]3c3ccccc3C)CC2)cc1. The van der Waals surface area contributed by atoms with Crippen molar-refractivity contribution in [2.24, 2.45) is 0 Å². The van der Waals surface area contributed by atoms with Gasteiger partial charge in [-0.1, -0.05) is 49.7 Å². The van der Waals surface area contributed by atoms with E-state index in [0.29, 0.717) is 26.2 Å². The molecule has 2 amide bonds. The van der Waals surface area contributed by atoms with Crippen molar-refractivity contribution in [1.82, 2.24) is 14.7 Å². The van der Waals surface area contributed by atoms with Crippen LogP contribution in [0.3, 0.4) is 0 Å². The van der Waals surface area contributed by atoms with Crippen LogP contribution < -0.4 is 0 Å². The number of aryl methyl sites for hydroxylation is 2. The van der Waals surface area contributed by atoms with Gasteiger partial charge in [0.1, 0.15) is 0 Å². The highest BCUT2D eigenvalue weighted by molar-refractivity contribution is 7.10. The van der Waals surface area contributed by atoms with Gasteiger partial charge >= 0.3 is 0 Å². The first-order valence-electron chi connectivity index (χ1n) is 14.5. The second kappa shape index (κ2) is 12.5. The molecule has 0 N–H and O–H groups in total. The van der Waals surface area contributed by atoms with E-state index in [1.807, 2.05) is 33.3 Å². The fourth-order valence-corrected chi connectivity index (χ4v) is 7.02. The molecule has 3 aromatic rings. The monoisotopic (exact) mass is 543 g/mol. The van der Waals surface area contributed by atoms with Gasteiger partial charge < -0.3 is 9.80 Å². The van der Waals surface area contributed by atoms with Crippen LogP contribution in [0.15, 0.2) is 60.0 Å². The summed E-state index contributed by atoms with van der Waals surface area (Å²) in [7, 11) is 0. The molecule has 0 bridgehead atoms. The Labute approximate surface area is 237 Å². The predicted molar refractivity (Wildman–Crippen MR) is 159 cm³/mol. The second-order valence-corrected chi connectivity index (χ2v) is 12.0. The molecule has 0 aliphatic carbocycles. The molecule has 0 radical (unpaired) electrons. The van der Waals surface area contributed by atoms with Crippen LogP contribution in [0.25, 0.3) is 0 Å². The zero-order valence-electron chi connectivity index (χ0n) is 23.6. The largest absolute Gasteiger partial charge is 0.340 e. The quantitative estimate of drug-likeness (QED) is 0.361. The number of hydrogen-bond donors (Lipinski definition) is 0. The molecular weight excluding hydrogens is 502 g/mol. The molecule has 6 heteroatoms. The minimum Gasteiger partial charge on any atom is -0.340 e. The van der Waals surface area contributed by atoms with Crippen LogP contribution in [0.5, 0.6) is 0 Å². The van der Waals surface area contributed by atoms with Gasteiger partial charge in [-0.25, -0.2) is 0 Å². The fraction of sp³-hybridized carbons (Fsp3) is 0.455. The van der Waals surface area contributed by atoms with E-state index in [-0.39, 0.29) is 23.9 Å². The number of carbonyl (C=O) groups excluding carboxylic acids is 2. The summed E-state index contributed by atoms with van der Waals surface area (Å²) in [6, 6.07) is 18.8. The Hall–Kier alpha value is -2.96. The van der Waals surface area contributed by atoms with Gasteiger partial charge in [0.25, 0.3) is 5.91 Å². The normalized spacial score (nSPS) is 18.9. The highest BCUT2D eigenvalue weighted by Gasteiger charge is 2.37. The molecule has 1 fully saturated rings. The van der Waals surface area contributed by atoms with Crippen molar-refractivity contribution in [2.75, 3.05) is 32.7 Å². The first-order valence-corrected chi connectivity index (χ1v) is 15.4. The van der Waals surface area contributed by atoms with Crippen LogP contribution in [0.2, 0.25) is 0 Å². The third-order valence-electron chi connectivity index (χ3n) is 8.46. The minimum absolute atomic E-state index is 0.0695. The summed E-state index contributed by atoms with van der Waals surface area (Å²) in [5.41, 5.74) is 5.91. The molecule has 5 rings (SSSR count). The number of rotatable bonds is 7. The molecule has 3 heterocycles. The number of unbranched alkanes of at least 4 members (excludes halogenated alkanes) is 1. The molecule has 2 aromatic carbocycles. The third-order valence-corrected chi connectivity index (χ3v) is 9.45. The Balaban J connectivity index is 1.27. The van der Waals surface area contributed by atoms with E-state index < -0.39 is 0 Å². The van der Waals surface area contributed by atoms with E-state index in [1.165, 1.54) is 40.0 Å². The summed E-state index contributed by atoms with van der Waals surface area (Å²) in [5, 5.41) is 2.19. The van der Waals surface area contributed by atoms with Gasteiger partial charge in [-0.3, -0.25) is 14.5 Å². The molecule has 0 saturated carbocycles. The lowest BCUT2D eigenvalue weighted by Gasteiger charge is -2.41. The van der Waals surface area contributed by atoms with Crippen LogP contribution >= 0.6 is 11.3 Å². The molecule has 0 unspecified atom stereocenters. The summed E-state index contributed by atoms with van der Waals surface area (Å²) in [6.07, 6.45) is 5.17. The van der Waals surface area contributed by atoms with Crippen LogP contribution in [0.1, 0.15) is 76.6 Å². The molecule has 0 spiro atoms. The first kappa shape index (κ1) is 27.6. The lowest BCUT2D eigenvalue weighted by atomic mass is 9.89. The summed E-state index contributed by atoms with van der Waals surface area (Å²) in [6.45, 7) is 9.82. The molecule has 1 saturated heterocycles. The van der Waals surface area contributed by atoms with Crippen LogP contribution in [0, 0.1) is 6.92 Å². The van der Waals surface area contributed by atoms with Crippen molar-refractivity contribution in [3.63, 3.8) is 0 Å². The molecule has 2 atom stereocenters. The Kier molecular flexibility index (Phi) is 8.83. The maximum atomic E-state index is 13.9. The predicted octanol–water partition coefficient (Wildman–Crippen LogP) is 6.11. The van der Waals surface area contributed by atoms with E-state index in [1.54, 1.807) is 0 Å². The lowest BCUT2D eigenvalue weighted by Crippen LogP contribution is -2.51. The van der Waals surface area contributed by atoms with Gasteiger partial charge in [0.15, 0.2) is 0 Å². The van der Waals surface area contributed by atoms with E-state index in [0.717, 1.165) is 31.4 Å². The van der Waals surface area contributed by atoms with Gasteiger partial charge in [-0.2, -0.15) is 0 Å². The second-order valence-electron chi connectivity index (χ2n) is 11.0. The van der Waals surface area contributed by atoms with Gasteiger partial charge in [-0.05, 0) is 85.4 Å². The number of nitrogens with zero attached hydrogens (tertiary/aromatic N) is 3. The molecule has 1 aromatic heterocycles. The van der Waals surface area contributed by atoms with E-state index >= 15 is 0 Å². The maximum absolute atomic E-state index is 13.9. The minimum atomic E-state index is -0.236. The van der Waals surface area contributed by atoms with Gasteiger partial charge in [0.2, 0.25) is 5.91 Å². The van der Waals surface area contributed by atoms with Crippen molar-refractivity contribution < 1.29 is 9.59 Å². The smallest absolute Gasteiger partial charge is 0.253 e. The number of fused-ring (bicyclic) bond motifs is 1. The summed E-state index contributed by atoms with van der Waals surface area (Å²) >= 11 is 1.83. The molecular formula is C33H41N3O2S. The van der Waals surface area contributed by atoms with Crippen molar-refractivity contribution in [3.8, 4) is 0 Å². The third kappa shape index (κ3) is 5.97. The highest BCUT2D eigenvalue weighted by Crippen LogP contribution is 2.40. The highest BCUT2D eigenvalue weighted by atomic mass is 32.1. The lowest BCUT2D eigenvalue weighted by molar-refractivity contribution is -0.137. The van der Waals surface area contributed by atoms with Crippen LogP contribution in [0.4, 0.5) is 0 Å². The average molecular weight is 544 g/mol. The molecule has 39 heavy (non-hydrogen) atoms. The van der Waals surface area contributed by atoms with E-state index in [9.17, 15) is 9.59 Å². The molecule has 2 aliphatic heterocycles. The fourth-order valence-electron chi connectivity index (χ4n) is 6.12. The van der Waals surface area contributed by atoms with E-state index in [2.05, 4.69) is 73.5 Å². The first-order chi connectivity index (χ1) is 19.0. The standard InChI is InChI=1S/C33H41N3O2S/c1-4-5-10-26-12-14-27(15-13-26)33(38)35-19-8-18-34(21-22-35)32(37)25(3)36-20-16-30-29(17-23-39-30)31(36)28-11-7-6-9-24(28)2/h6-7,9,11-15,17,23,25,31H,4-5,8,10,16,18-22H2,1-3H3/t25-,31+/m0/s1. The number of thiophene rings is 1. The average Bonchev–Trinajstić information content (AvgIpc) is 3.31. The van der Waals surface area contributed by atoms with Gasteiger partial charge in [0.05, 0.1) is 12.1 Å². The summed E-state index contributed by atoms with van der Waals surface area (Å²) in [4.78, 5) is 34.9. The van der Waals surface area contributed by atoms with Crippen LogP contribution in [-0.2, 0) is 17.6 Å². The maximum Gasteiger partial charge on any atom is 0.253 e. The Morgan fingerprint density at radius 2 is 1.67 bits per heavy atom. The number of benzene rings is 2. The van der Waals surface area contributed by atoms with E-state index in [4.69, 9.17) is 0 Å². The van der Waals surface area contributed by atoms with Crippen molar-refractivity contribution in [1.29, 1.82) is 0 Å². The number of amides is 2. The van der Waals surface area contributed by atoms with Crippen molar-refractivity contribution in [2.45, 2.75) is 65.0 Å². The molecule has 206 valence electrons. The zero-order valence-corrected chi connectivity index (χ0v) is 24.4. The zero-order chi connectivity index (χ0) is 27.4. The number of carbonyl (C=O) groups is 2. The van der Waals surface area contributed by atoms with Crippen LogP contribution in [-0.4, -0.2) is 65.3 Å².